The Labute approximate surface area is 190 Å². The number of benzene rings is 2. The molecular weight excluding hydrogens is 404 g/mol. The Morgan fingerprint density at radius 1 is 1.16 bits per heavy atom. The van der Waals surface area contributed by atoms with Crippen LogP contribution in [0.3, 0.4) is 0 Å². The van der Waals surface area contributed by atoms with Gasteiger partial charge in [0.15, 0.2) is 0 Å². The van der Waals surface area contributed by atoms with Gasteiger partial charge in [-0.2, -0.15) is 0 Å². The van der Waals surface area contributed by atoms with Crippen molar-refractivity contribution in [3.05, 3.63) is 58.1 Å². The molecule has 32 heavy (non-hydrogen) atoms. The molecule has 5 nitrogen and oxygen atoms in total. The molecule has 0 saturated carbocycles. The van der Waals surface area contributed by atoms with E-state index in [2.05, 4.69) is 39.8 Å². The van der Waals surface area contributed by atoms with E-state index in [4.69, 9.17) is 14.2 Å². The lowest BCUT2D eigenvalue weighted by molar-refractivity contribution is -0.160. The summed E-state index contributed by atoms with van der Waals surface area (Å²) >= 11 is 0. The Bertz CT molecular complexity index is 980. The van der Waals surface area contributed by atoms with E-state index in [1.54, 1.807) is 0 Å². The third kappa shape index (κ3) is 4.93. The summed E-state index contributed by atoms with van der Waals surface area (Å²) in [7, 11) is 0. The highest BCUT2D eigenvalue weighted by Crippen LogP contribution is 2.45. The normalized spacial score (nSPS) is 22.0. The zero-order valence-electron chi connectivity index (χ0n) is 19.6. The van der Waals surface area contributed by atoms with Crippen LogP contribution in [0.1, 0.15) is 67.3 Å². The fourth-order valence-corrected chi connectivity index (χ4v) is 4.85. The number of aliphatic hydroxyl groups is 1. The van der Waals surface area contributed by atoms with Crippen LogP contribution in [0.25, 0.3) is 0 Å². The highest BCUT2D eigenvalue weighted by molar-refractivity contribution is 5.71. The third-order valence-electron chi connectivity index (χ3n) is 6.67. The fraction of sp³-hybridized carbons (Fsp3) is 0.519. The largest absolute Gasteiger partial charge is 0.488 e. The first-order valence-electron chi connectivity index (χ1n) is 11.6. The Hall–Kier alpha value is -2.53. The first-order valence-corrected chi connectivity index (χ1v) is 11.6. The van der Waals surface area contributed by atoms with Gasteiger partial charge < -0.3 is 19.3 Å². The van der Waals surface area contributed by atoms with Crippen molar-refractivity contribution >= 4 is 5.97 Å². The van der Waals surface area contributed by atoms with E-state index in [0.29, 0.717) is 25.9 Å². The summed E-state index contributed by atoms with van der Waals surface area (Å²) in [4.78, 5) is 11.8. The molecule has 1 fully saturated rings. The van der Waals surface area contributed by atoms with Gasteiger partial charge in [-0.3, -0.25) is 4.79 Å². The van der Waals surface area contributed by atoms with Gasteiger partial charge in [-0.1, -0.05) is 30.3 Å². The van der Waals surface area contributed by atoms with Crippen LogP contribution in [-0.2, 0) is 29.0 Å². The number of aliphatic hydroxyl groups excluding tert-OH is 1. The number of carbonyl (C=O) groups is 1. The minimum atomic E-state index is -0.616. The lowest BCUT2D eigenvalue weighted by atomic mass is 9.86. The molecule has 0 spiro atoms. The van der Waals surface area contributed by atoms with E-state index in [1.807, 2.05) is 18.2 Å². The summed E-state index contributed by atoms with van der Waals surface area (Å²) in [5.74, 6) is 1.57. The lowest BCUT2D eigenvalue weighted by Crippen LogP contribution is -2.34. The molecule has 0 radical (unpaired) electrons. The summed E-state index contributed by atoms with van der Waals surface area (Å²) in [5, 5.41) is 9.98. The molecule has 2 heterocycles. The SMILES string of the molecule is Cc1c(CC[C@@H]2C[C@@H](O)CC(=O)O2)c2c(c(C)c1OCc1ccccc1)CCC(C)(C)O2. The molecule has 0 aromatic heterocycles. The quantitative estimate of drug-likeness (QED) is 0.644. The number of ether oxygens (including phenoxy) is 3. The first-order chi connectivity index (χ1) is 15.2. The van der Waals surface area contributed by atoms with Crippen LogP contribution in [0.15, 0.2) is 30.3 Å². The van der Waals surface area contributed by atoms with Gasteiger partial charge in [0, 0.05) is 17.5 Å². The highest BCUT2D eigenvalue weighted by Gasteiger charge is 2.33. The number of fused-ring (bicyclic) bond motifs is 1. The first kappa shape index (κ1) is 22.7. The molecule has 1 N–H and O–H groups in total. The Kier molecular flexibility index (Phi) is 6.47. The second-order valence-electron chi connectivity index (χ2n) is 9.75. The number of rotatable bonds is 6. The van der Waals surface area contributed by atoms with Crippen molar-refractivity contribution in [1.82, 2.24) is 0 Å². The minimum absolute atomic E-state index is 0.0875. The summed E-state index contributed by atoms with van der Waals surface area (Å²) in [6, 6.07) is 10.2. The average molecular weight is 439 g/mol. The molecule has 2 atom stereocenters. The number of esters is 1. The van der Waals surface area contributed by atoms with Crippen molar-refractivity contribution in [2.45, 2.75) is 90.6 Å². The zero-order valence-corrected chi connectivity index (χ0v) is 19.6. The third-order valence-corrected chi connectivity index (χ3v) is 6.67. The van der Waals surface area contributed by atoms with Gasteiger partial charge in [-0.05, 0) is 70.1 Å². The predicted octanol–water partition coefficient (Wildman–Crippen LogP) is 4.99. The van der Waals surface area contributed by atoms with Gasteiger partial charge in [0.25, 0.3) is 0 Å². The maximum absolute atomic E-state index is 11.8. The number of cyclic esters (lactones) is 1. The smallest absolute Gasteiger partial charge is 0.308 e. The molecule has 2 aromatic carbocycles. The molecule has 4 rings (SSSR count). The molecule has 0 amide bonds. The van der Waals surface area contributed by atoms with Gasteiger partial charge in [0.2, 0.25) is 0 Å². The summed E-state index contributed by atoms with van der Waals surface area (Å²) in [6.07, 6.45) is 2.95. The summed E-state index contributed by atoms with van der Waals surface area (Å²) in [6.45, 7) is 8.99. The van der Waals surface area contributed by atoms with E-state index in [0.717, 1.165) is 46.6 Å². The van der Waals surface area contributed by atoms with Gasteiger partial charge >= 0.3 is 5.97 Å². The maximum atomic E-state index is 11.8. The summed E-state index contributed by atoms with van der Waals surface area (Å²) < 4.78 is 18.3. The summed E-state index contributed by atoms with van der Waals surface area (Å²) in [5.41, 5.74) is 5.47. The molecule has 0 bridgehead atoms. The van der Waals surface area contributed by atoms with E-state index in [1.165, 1.54) is 5.56 Å². The van der Waals surface area contributed by atoms with Crippen molar-refractivity contribution in [3.63, 3.8) is 0 Å². The van der Waals surface area contributed by atoms with Crippen LogP contribution >= 0.6 is 0 Å². The highest BCUT2D eigenvalue weighted by atomic mass is 16.5. The van der Waals surface area contributed by atoms with Crippen LogP contribution in [0, 0.1) is 13.8 Å². The zero-order chi connectivity index (χ0) is 22.9. The van der Waals surface area contributed by atoms with Crippen molar-refractivity contribution in [3.8, 4) is 11.5 Å². The van der Waals surface area contributed by atoms with Crippen molar-refractivity contribution in [2.75, 3.05) is 0 Å². The van der Waals surface area contributed by atoms with Gasteiger partial charge in [-0.15, -0.1) is 0 Å². The molecular formula is C27H34O5. The van der Waals surface area contributed by atoms with Gasteiger partial charge in [0.1, 0.15) is 29.8 Å². The van der Waals surface area contributed by atoms with E-state index < -0.39 is 6.10 Å². The number of carbonyl (C=O) groups excluding carboxylic acids is 1. The standard InChI is InChI=1S/C27H34O5/c1-17-22(11-10-21-14-20(28)15-24(29)31-21)26-23(12-13-27(3,4)32-26)18(2)25(17)30-16-19-8-6-5-7-9-19/h5-9,20-21,28H,10-16H2,1-4H3/t20-,21-/m1/s1. The van der Waals surface area contributed by atoms with Crippen LogP contribution in [-0.4, -0.2) is 28.9 Å². The molecule has 2 aliphatic heterocycles. The molecule has 2 aliphatic rings. The molecule has 0 aliphatic carbocycles. The van der Waals surface area contributed by atoms with Crippen LogP contribution in [0.4, 0.5) is 0 Å². The lowest BCUT2D eigenvalue weighted by Gasteiger charge is -2.36. The average Bonchev–Trinajstić information content (AvgIpc) is 2.73. The molecule has 0 unspecified atom stereocenters. The second kappa shape index (κ2) is 9.14. The Morgan fingerprint density at radius 3 is 2.62 bits per heavy atom. The van der Waals surface area contributed by atoms with Crippen molar-refractivity contribution in [1.29, 1.82) is 0 Å². The minimum Gasteiger partial charge on any atom is -0.488 e. The van der Waals surface area contributed by atoms with E-state index in [9.17, 15) is 9.90 Å². The van der Waals surface area contributed by atoms with Gasteiger partial charge in [0.05, 0.1) is 12.5 Å². The molecule has 2 aromatic rings. The molecule has 172 valence electrons. The van der Waals surface area contributed by atoms with Crippen molar-refractivity contribution in [2.24, 2.45) is 0 Å². The number of hydrogen-bond donors (Lipinski definition) is 1. The molecule has 1 saturated heterocycles. The number of hydrogen-bond acceptors (Lipinski definition) is 5. The monoisotopic (exact) mass is 438 g/mol. The van der Waals surface area contributed by atoms with Crippen LogP contribution in [0.5, 0.6) is 11.5 Å². The predicted molar refractivity (Wildman–Crippen MR) is 123 cm³/mol. The topological polar surface area (TPSA) is 65.0 Å². The second-order valence-corrected chi connectivity index (χ2v) is 9.75. The Morgan fingerprint density at radius 2 is 1.91 bits per heavy atom. The van der Waals surface area contributed by atoms with Crippen LogP contribution in [0.2, 0.25) is 0 Å². The van der Waals surface area contributed by atoms with Crippen LogP contribution < -0.4 is 9.47 Å². The van der Waals surface area contributed by atoms with Crippen molar-refractivity contribution < 1.29 is 24.1 Å². The maximum Gasteiger partial charge on any atom is 0.308 e. The Balaban J connectivity index is 1.64. The van der Waals surface area contributed by atoms with E-state index >= 15 is 0 Å². The van der Waals surface area contributed by atoms with Gasteiger partial charge in [-0.25, -0.2) is 0 Å². The van der Waals surface area contributed by atoms with E-state index in [-0.39, 0.29) is 24.1 Å². The fourth-order valence-electron chi connectivity index (χ4n) is 4.85. The molecule has 5 heteroatoms.